The van der Waals surface area contributed by atoms with Gasteiger partial charge < -0.3 is 2.85 Å². The zero-order valence-corrected chi connectivity index (χ0v) is 5.83. The fraction of sp³-hybridized carbons (Fsp3) is 0.200. The molecule has 0 amide bonds. The predicted molar refractivity (Wildman–Crippen MR) is 24.1 cm³/mol. The number of hydrogen-bond acceptors (Lipinski definition) is 0. The van der Waals surface area contributed by atoms with E-state index in [1.807, 2.05) is 18.6 Å². The van der Waals surface area contributed by atoms with Gasteiger partial charge in [0.05, 0.1) is 0 Å². The van der Waals surface area contributed by atoms with Gasteiger partial charge in [0.2, 0.25) is 0 Å². The molecule has 0 heterocycles. The van der Waals surface area contributed by atoms with Gasteiger partial charge in [-0.3, -0.25) is 0 Å². The maximum absolute atomic E-state index is 2.17. The van der Waals surface area contributed by atoms with Gasteiger partial charge in [0, 0.05) is 0 Å². The molecule has 0 fully saturated rings. The van der Waals surface area contributed by atoms with Crippen molar-refractivity contribution in [1.82, 2.24) is 0 Å². The molecule has 0 spiro atoms. The third-order valence-corrected chi connectivity index (χ3v) is 1.66. The Kier molecular flexibility index (Phi) is 1.22. The van der Waals surface area contributed by atoms with Crippen molar-refractivity contribution in [2.75, 3.05) is 0 Å². The van der Waals surface area contributed by atoms with Gasteiger partial charge >= 0.3 is 47.4 Å². The Labute approximate surface area is 50.8 Å². The van der Waals surface area contributed by atoms with Crippen molar-refractivity contribution in [3.05, 3.63) is 22.4 Å². The SMILES string of the molecule is [H-].[H-].[Os+2][C]1=CC=CC1. The van der Waals surface area contributed by atoms with Crippen molar-refractivity contribution in [3.8, 4) is 0 Å². The van der Waals surface area contributed by atoms with Gasteiger partial charge in [-0.05, 0) is 0 Å². The van der Waals surface area contributed by atoms with Gasteiger partial charge in [-0.2, -0.15) is 0 Å². The van der Waals surface area contributed by atoms with Crippen molar-refractivity contribution >= 4 is 0 Å². The van der Waals surface area contributed by atoms with E-state index < -0.39 is 0 Å². The Hall–Kier alpha value is 0.116. The van der Waals surface area contributed by atoms with Crippen LogP contribution < -0.4 is 0 Å². The number of allylic oxidation sites excluding steroid dienone is 4. The van der Waals surface area contributed by atoms with Gasteiger partial charge in [0.1, 0.15) is 0 Å². The van der Waals surface area contributed by atoms with E-state index in [2.05, 4.69) is 18.2 Å². The number of rotatable bonds is 0. The van der Waals surface area contributed by atoms with Crippen LogP contribution in [-0.4, -0.2) is 0 Å². The van der Waals surface area contributed by atoms with Crippen LogP contribution in [0, 0.1) is 0 Å². The summed E-state index contributed by atoms with van der Waals surface area (Å²) in [4.78, 5) is 0. The van der Waals surface area contributed by atoms with Crippen LogP contribution in [0.1, 0.15) is 9.27 Å². The second-order valence-corrected chi connectivity index (χ2v) is 2.86. The molecule has 0 aromatic rings. The average Bonchev–Trinajstić information content (AvgIpc) is 1.86. The standard InChI is InChI=1S/C5H5.Os.2H/c1-2-4-5-3-1;;;/h1-3H,4H2;;;/q;+2;2*-1. The second-order valence-electron chi connectivity index (χ2n) is 1.23. The van der Waals surface area contributed by atoms with E-state index >= 15 is 0 Å². The Morgan fingerprint density at radius 2 is 2.67 bits per heavy atom. The second kappa shape index (κ2) is 1.71. The van der Waals surface area contributed by atoms with Crippen molar-refractivity contribution in [3.63, 3.8) is 0 Å². The normalized spacial score (nSPS) is 18.3. The molecule has 0 unspecified atom stereocenters. The molecule has 0 saturated carbocycles. The van der Waals surface area contributed by atoms with Gasteiger partial charge in [-0.25, -0.2) is 0 Å². The van der Waals surface area contributed by atoms with E-state index in [9.17, 15) is 0 Å². The van der Waals surface area contributed by atoms with Crippen molar-refractivity contribution < 1.29 is 21.5 Å². The molecule has 0 bridgehead atoms. The van der Waals surface area contributed by atoms with E-state index in [1.54, 1.807) is 0 Å². The summed E-state index contributed by atoms with van der Waals surface area (Å²) in [6.07, 6.45) is 7.60. The molecule has 35 valence electrons. The summed E-state index contributed by atoms with van der Waals surface area (Å²) in [5.74, 6) is 0. The average molecular weight is 257 g/mol. The zero-order valence-electron chi connectivity index (χ0n) is 5.29. The van der Waals surface area contributed by atoms with E-state index in [0.29, 0.717) is 0 Å². The molecule has 0 atom stereocenters. The molecule has 1 heteroatoms. The predicted octanol–water partition coefficient (Wildman–Crippen LogP) is 1.60. The monoisotopic (exact) mass is 259 g/mol. The Morgan fingerprint density at radius 3 is 2.83 bits per heavy atom. The molecule has 0 nitrogen and oxygen atoms in total. The first kappa shape index (κ1) is 4.28. The van der Waals surface area contributed by atoms with Gasteiger partial charge in [-0.15, -0.1) is 0 Å². The topological polar surface area (TPSA) is 0 Å². The quantitative estimate of drug-likeness (QED) is 0.618. The molecular formula is C5H7Os. The van der Waals surface area contributed by atoms with Crippen LogP contribution in [0.5, 0.6) is 0 Å². The molecule has 1 rings (SSSR count). The molecule has 1 aliphatic rings. The van der Waals surface area contributed by atoms with Crippen LogP contribution in [0.25, 0.3) is 0 Å². The first-order valence-corrected chi connectivity index (χ1v) is 3.16. The number of hydrogen-bond donors (Lipinski definition) is 0. The van der Waals surface area contributed by atoms with Crippen LogP contribution in [0.4, 0.5) is 0 Å². The van der Waals surface area contributed by atoms with Crippen LogP contribution in [0.15, 0.2) is 22.4 Å². The molecule has 0 aromatic heterocycles. The van der Waals surface area contributed by atoms with Crippen LogP contribution in [-0.2, 0) is 18.6 Å². The van der Waals surface area contributed by atoms with Crippen LogP contribution in [0.3, 0.4) is 0 Å². The van der Waals surface area contributed by atoms with Crippen molar-refractivity contribution in [1.29, 1.82) is 0 Å². The first-order valence-electron chi connectivity index (χ1n) is 1.89. The van der Waals surface area contributed by atoms with Crippen molar-refractivity contribution in [2.24, 2.45) is 0 Å². The molecule has 0 aliphatic heterocycles. The van der Waals surface area contributed by atoms with Gasteiger partial charge in [-0.1, -0.05) is 0 Å². The first-order chi connectivity index (χ1) is 2.89. The van der Waals surface area contributed by atoms with E-state index in [4.69, 9.17) is 0 Å². The van der Waals surface area contributed by atoms with E-state index in [1.165, 1.54) is 10.5 Å². The summed E-state index contributed by atoms with van der Waals surface area (Å²) < 4.78 is 1.50. The molecule has 1 aliphatic carbocycles. The minimum absolute atomic E-state index is 0. The van der Waals surface area contributed by atoms with Gasteiger partial charge in [0.25, 0.3) is 0 Å². The summed E-state index contributed by atoms with van der Waals surface area (Å²) in [7, 11) is 0. The van der Waals surface area contributed by atoms with E-state index in [-0.39, 0.29) is 2.85 Å². The minimum atomic E-state index is 0. The summed E-state index contributed by atoms with van der Waals surface area (Å²) in [5, 5.41) is 0. The Balaban J connectivity index is 0. The Bertz CT molecular complexity index is 107. The third-order valence-electron chi connectivity index (χ3n) is 0.717. The molecule has 0 saturated heterocycles. The molecule has 0 aromatic carbocycles. The van der Waals surface area contributed by atoms with Crippen LogP contribution in [0.2, 0.25) is 0 Å². The molecule has 0 N–H and O–H groups in total. The third kappa shape index (κ3) is 0.789. The summed E-state index contributed by atoms with van der Waals surface area (Å²) in [6, 6.07) is 0. The fourth-order valence-electron chi connectivity index (χ4n) is 0.416. The Morgan fingerprint density at radius 1 is 1.83 bits per heavy atom. The summed E-state index contributed by atoms with van der Waals surface area (Å²) >= 11 is 1.96. The fourth-order valence-corrected chi connectivity index (χ4v) is 0.960. The van der Waals surface area contributed by atoms with Crippen LogP contribution >= 0.6 is 0 Å². The molecule has 6 heavy (non-hydrogen) atoms. The maximum atomic E-state index is 2.17. The molecular weight excluding hydrogens is 250 g/mol. The van der Waals surface area contributed by atoms with Gasteiger partial charge in [0.15, 0.2) is 0 Å². The molecule has 0 radical (unpaired) electrons. The summed E-state index contributed by atoms with van der Waals surface area (Å²) in [6.45, 7) is 0. The zero-order chi connectivity index (χ0) is 4.41. The van der Waals surface area contributed by atoms with Crippen molar-refractivity contribution in [2.45, 2.75) is 6.42 Å². The summed E-state index contributed by atoms with van der Waals surface area (Å²) in [5.41, 5.74) is 0. The van der Waals surface area contributed by atoms with E-state index in [0.717, 1.165) is 0 Å².